The van der Waals surface area contributed by atoms with Gasteiger partial charge in [-0.15, -0.1) is 0 Å². The van der Waals surface area contributed by atoms with E-state index in [1.165, 1.54) is 63.4 Å². The summed E-state index contributed by atoms with van der Waals surface area (Å²) in [5, 5.41) is 0. The average Bonchev–Trinajstić information content (AvgIpc) is 2.59. The SMILES string of the molecule is CCCCC1CCC(CCC2=Cc3cccc(F)c3CC2)CC1. The normalized spacial score (nSPS) is 24.2. The molecule has 3 rings (SSSR count). The van der Waals surface area contributed by atoms with Gasteiger partial charge in [-0.2, -0.15) is 0 Å². The highest BCUT2D eigenvalue weighted by molar-refractivity contribution is 5.59. The van der Waals surface area contributed by atoms with Crippen LogP contribution in [-0.2, 0) is 6.42 Å². The Kier molecular flexibility index (Phi) is 5.91. The largest absolute Gasteiger partial charge is 0.207 e. The van der Waals surface area contributed by atoms with Crippen LogP contribution in [0.3, 0.4) is 0 Å². The first kappa shape index (κ1) is 16.7. The Morgan fingerprint density at radius 2 is 1.74 bits per heavy atom. The summed E-state index contributed by atoms with van der Waals surface area (Å²) in [6.07, 6.45) is 16.8. The topological polar surface area (TPSA) is 0 Å². The Balaban J connectivity index is 1.47. The number of benzene rings is 1. The van der Waals surface area contributed by atoms with Crippen molar-refractivity contribution in [1.29, 1.82) is 0 Å². The minimum atomic E-state index is -0.0248. The summed E-state index contributed by atoms with van der Waals surface area (Å²) in [5.41, 5.74) is 3.58. The van der Waals surface area contributed by atoms with Gasteiger partial charge in [0.25, 0.3) is 0 Å². The van der Waals surface area contributed by atoms with Crippen molar-refractivity contribution in [2.45, 2.75) is 77.6 Å². The van der Waals surface area contributed by atoms with Crippen LogP contribution in [0.5, 0.6) is 0 Å². The van der Waals surface area contributed by atoms with Crippen LogP contribution < -0.4 is 0 Å². The zero-order valence-corrected chi connectivity index (χ0v) is 14.6. The fourth-order valence-corrected chi connectivity index (χ4v) is 4.44. The number of rotatable bonds is 6. The Bertz CT molecular complexity index is 535. The molecule has 0 unspecified atom stereocenters. The van der Waals surface area contributed by atoms with Gasteiger partial charge in [-0.3, -0.25) is 0 Å². The third kappa shape index (κ3) is 4.46. The van der Waals surface area contributed by atoms with E-state index in [1.54, 1.807) is 6.07 Å². The van der Waals surface area contributed by atoms with Crippen LogP contribution in [0.2, 0.25) is 0 Å². The lowest BCUT2D eigenvalue weighted by molar-refractivity contribution is 0.249. The molecule has 0 nitrogen and oxygen atoms in total. The molecule has 1 fully saturated rings. The Hall–Kier alpha value is -1.11. The van der Waals surface area contributed by atoms with Crippen LogP contribution in [0.15, 0.2) is 23.8 Å². The number of allylic oxidation sites excluding steroid dienone is 1. The Morgan fingerprint density at radius 1 is 1.00 bits per heavy atom. The van der Waals surface area contributed by atoms with Gasteiger partial charge in [-0.1, -0.05) is 75.7 Å². The zero-order chi connectivity index (χ0) is 16.1. The molecule has 1 heteroatoms. The average molecular weight is 314 g/mol. The highest BCUT2D eigenvalue weighted by Gasteiger charge is 2.21. The summed E-state index contributed by atoms with van der Waals surface area (Å²) in [5.74, 6) is 1.92. The minimum absolute atomic E-state index is 0.0248. The van der Waals surface area contributed by atoms with Crippen molar-refractivity contribution in [1.82, 2.24) is 0 Å². The molecule has 0 radical (unpaired) electrons. The van der Waals surface area contributed by atoms with Crippen LogP contribution >= 0.6 is 0 Å². The van der Waals surface area contributed by atoms with Gasteiger partial charge in [-0.05, 0) is 54.7 Å². The van der Waals surface area contributed by atoms with Crippen molar-refractivity contribution in [2.24, 2.45) is 11.8 Å². The van der Waals surface area contributed by atoms with E-state index in [1.807, 2.05) is 6.07 Å². The molecule has 0 N–H and O–H groups in total. The smallest absolute Gasteiger partial charge is 0.127 e. The first-order valence-corrected chi connectivity index (χ1v) is 9.73. The molecular weight excluding hydrogens is 283 g/mol. The molecule has 1 aromatic carbocycles. The first-order valence-electron chi connectivity index (χ1n) is 9.73. The molecule has 0 spiro atoms. The highest BCUT2D eigenvalue weighted by atomic mass is 19.1. The third-order valence-corrected chi connectivity index (χ3v) is 6.02. The molecule has 126 valence electrons. The van der Waals surface area contributed by atoms with E-state index in [9.17, 15) is 4.39 Å². The second kappa shape index (κ2) is 8.13. The number of halogens is 1. The summed E-state index contributed by atoms with van der Waals surface area (Å²) in [6, 6.07) is 5.50. The third-order valence-electron chi connectivity index (χ3n) is 6.02. The number of hydrogen-bond acceptors (Lipinski definition) is 0. The Morgan fingerprint density at radius 3 is 2.48 bits per heavy atom. The van der Waals surface area contributed by atoms with Gasteiger partial charge in [0.2, 0.25) is 0 Å². The quantitative estimate of drug-likeness (QED) is 0.534. The predicted octanol–water partition coefficient (Wildman–Crippen LogP) is 6.93. The van der Waals surface area contributed by atoms with E-state index in [-0.39, 0.29) is 5.82 Å². The standard InChI is InChI=1S/C22H31F/c1-2-3-5-17-8-10-18(11-9-17)12-13-19-14-15-21-20(16-19)6-4-7-22(21)23/h4,6-7,16-18H,2-3,5,8-15H2,1H3. The van der Waals surface area contributed by atoms with Gasteiger partial charge in [0.05, 0.1) is 0 Å². The van der Waals surface area contributed by atoms with Crippen LogP contribution in [0, 0.1) is 17.7 Å². The molecule has 2 aliphatic rings. The van der Waals surface area contributed by atoms with Gasteiger partial charge < -0.3 is 0 Å². The summed E-state index contributed by atoms with van der Waals surface area (Å²) < 4.78 is 13.8. The predicted molar refractivity (Wildman–Crippen MR) is 96.9 cm³/mol. The van der Waals surface area contributed by atoms with Crippen molar-refractivity contribution in [3.05, 3.63) is 40.7 Å². The molecule has 0 bridgehead atoms. The first-order chi connectivity index (χ1) is 11.3. The molecule has 0 aromatic heterocycles. The van der Waals surface area contributed by atoms with E-state index in [4.69, 9.17) is 0 Å². The number of hydrogen-bond donors (Lipinski definition) is 0. The van der Waals surface area contributed by atoms with Gasteiger partial charge >= 0.3 is 0 Å². The highest BCUT2D eigenvalue weighted by Crippen LogP contribution is 2.36. The molecule has 0 heterocycles. The molecule has 0 atom stereocenters. The maximum Gasteiger partial charge on any atom is 0.127 e. The van der Waals surface area contributed by atoms with Gasteiger partial charge in [0.1, 0.15) is 5.82 Å². The fraction of sp³-hybridized carbons (Fsp3) is 0.636. The lowest BCUT2D eigenvalue weighted by Crippen LogP contribution is -2.15. The maximum atomic E-state index is 13.8. The Labute approximate surface area is 141 Å². The molecule has 1 aromatic rings. The van der Waals surface area contributed by atoms with E-state index in [2.05, 4.69) is 19.1 Å². The van der Waals surface area contributed by atoms with Crippen molar-refractivity contribution in [2.75, 3.05) is 0 Å². The van der Waals surface area contributed by atoms with Crippen LogP contribution in [0.4, 0.5) is 4.39 Å². The molecule has 23 heavy (non-hydrogen) atoms. The van der Waals surface area contributed by atoms with Crippen molar-refractivity contribution < 1.29 is 4.39 Å². The van der Waals surface area contributed by atoms with Crippen LogP contribution in [0.1, 0.15) is 82.3 Å². The number of fused-ring (bicyclic) bond motifs is 1. The fourth-order valence-electron chi connectivity index (χ4n) is 4.44. The van der Waals surface area contributed by atoms with Crippen LogP contribution in [0.25, 0.3) is 6.08 Å². The molecule has 0 saturated heterocycles. The molecule has 1 saturated carbocycles. The monoisotopic (exact) mass is 314 g/mol. The molecular formula is C22H31F. The molecule has 0 amide bonds. The summed E-state index contributed by atoms with van der Waals surface area (Å²) >= 11 is 0. The maximum absolute atomic E-state index is 13.8. The van der Waals surface area contributed by atoms with Gasteiger partial charge in [0.15, 0.2) is 0 Å². The lowest BCUT2D eigenvalue weighted by atomic mass is 9.77. The number of unbranched alkanes of at least 4 members (excludes halogenated alkanes) is 1. The van der Waals surface area contributed by atoms with E-state index in [0.29, 0.717) is 0 Å². The summed E-state index contributed by atoms with van der Waals surface area (Å²) in [7, 11) is 0. The van der Waals surface area contributed by atoms with Crippen molar-refractivity contribution in [3.8, 4) is 0 Å². The van der Waals surface area contributed by atoms with Crippen LogP contribution in [-0.4, -0.2) is 0 Å². The zero-order valence-electron chi connectivity index (χ0n) is 14.6. The van der Waals surface area contributed by atoms with Gasteiger partial charge in [-0.25, -0.2) is 4.39 Å². The van der Waals surface area contributed by atoms with E-state index >= 15 is 0 Å². The van der Waals surface area contributed by atoms with Crippen molar-refractivity contribution >= 4 is 6.08 Å². The van der Waals surface area contributed by atoms with Crippen molar-refractivity contribution in [3.63, 3.8) is 0 Å². The second-order valence-electron chi connectivity index (χ2n) is 7.68. The van der Waals surface area contributed by atoms with Gasteiger partial charge in [0, 0.05) is 0 Å². The summed E-state index contributed by atoms with van der Waals surface area (Å²) in [4.78, 5) is 0. The van der Waals surface area contributed by atoms with E-state index in [0.717, 1.165) is 35.8 Å². The second-order valence-corrected chi connectivity index (χ2v) is 7.68. The van der Waals surface area contributed by atoms with E-state index < -0.39 is 0 Å². The molecule has 2 aliphatic carbocycles. The summed E-state index contributed by atoms with van der Waals surface area (Å²) in [6.45, 7) is 2.30. The minimum Gasteiger partial charge on any atom is -0.207 e. The lowest BCUT2D eigenvalue weighted by Gasteiger charge is -2.29. The molecule has 0 aliphatic heterocycles.